The van der Waals surface area contributed by atoms with Crippen molar-refractivity contribution >= 4 is 58.0 Å². The molecule has 1 fully saturated rings. The second-order valence-corrected chi connectivity index (χ2v) is 8.58. The predicted molar refractivity (Wildman–Crippen MR) is 116 cm³/mol. The lowest BCUT2D eigenvalue weighted by Crippen LogP contribution is -2.19. The van der Waals surface area contributed by atoms with Gasteiger partial charge in [-0.1, -0.05) is 35.5 Å². The molecule has 0 saturated carbocycles. The number of carbonyl (C=O) groups is 1. The van der Waals surface area contributed by atoms with Crippen LogP contribution in [-0.4, -0.2) is 11.1 Å². The van der Waals surface area contributed by atoms with Gasteiger partial charge in [-0.15, -0.1) is 0 Å². The number of nitrogens with zero attached hydrogens (tertiary/aromatic N) is 1. The third-order valence-corrected chi connectivity index (χ3v) is 5.88. The third-order valence-electron chi connectivity index (χ3n) is 3.79. The molecule has 1 N–H and O–H groups in total. The fraction of sp³-hybridized carbons (Fsp3) is 0.0476. The van der Waals surface area contributed by atoms with Gasteiger partial charge in [-0.2, -0.15) is 0 Å². The zero-order valence-corrected chi connectivity index (χ0v) is 17.2. The van der Waals surface area contributed by atoms with Gasteiger partial charge in [-0.25, -0.2) is 4.99 Å². The van der Waals surface area contributed by atoms with E-state index in [1.165, 1.54) is 23.5 Å². The van der Waals surface area contributed by atoms with E-state index in [1.54, 1.807) is 6.08 Å². The number of amidine groups is 1. The van der Waals surface area contributed by atoms with Crippen LogP contribution in [0.4, 0.5) is 5.69 Å². The molecule has 140 valence electrons. The summed E-state index contributed by atoms with van der Waals surface area (Å²) in [4.78, 5) is 18.3. The molecule has 1 saturated heterocycles. The fourth-order valence-corrected chi connectivity index (χ4v) is 4.24. The smallest absolute Gasteiger partial charge is 0.264 e. The number of aryl methyl sites for hydroxylation is 1. The van der Waals surface area contributed by atoms with Crippen molar-refractivity contribution in [2.75, 3.05) is 0 Å². The largest absolute Gasteiger partial charge is 0.450 e. The topological polar surface area (TPSA) is 54.6 Å². The maximum atomic E-state index is 12.2. The van der Waals surface area contributed by atoms with Crippen LogP contribution in [0, 0.1) is 6.92 Å². The minimum Gasteiger partial charge on any atom is -0.450 e. The highest BCUT2D eigenvalue weighted by Crippen LogP contribution is 2.32. The van der Waals surface area contributed by atoms with E-state index < -0.39 is 0 Å². The molecule has 1 aliphatic rings. The van der Waals surface area contributed by atoms with Gasteiger partial charge in [0.1, 0.15) is 5.76 Å². The van der Waals surface area contributed by atoms with Gasteiger partial charge >= 0.3 is 0 Å². The normalized spacial score (nSPS) is 16.7. The first-order valence-corrected chi connectivity index (χ1v) is 10.5. The predicted octanol–water partition coefficient (Wildman–Crippen LogP) is 6.28. The molecule has 28 heavy (non-hydrogen) atoms. The van der Waals surface area contributed by atoms with Crippen LogP contribution in [0.2, 0.25) is 5.02 Å². The lowest BCUT2D eigenvalue weighted by atomic mass is 10.2. The van der Waals surface area contributed by atoms with Crippen LogP contribution in [0.3, 0.4) is 0 Å². The Labute approximate surface area is 176 Å². The molecule has 7 heteroatoms. The van der Waals surface area contributed by atoms with Crippen molar-refractivity contribution in [2.45, 2.75) is 16.9 Å². The SMILES string of the molecule is Cc1cccc(N=C2NC(=O)C(=Cc3ccc(Sc4ccc(Cl)cc4)o3)S2)c1. The first-order valence-electron chi connectivity index (χ1n) is 8.45. The number of nitrogens with one attached hydrogen (secondary N) is 1. The number of aliphatic imine (C=N–C) groups is 1. The minimum atomic E-state index is -0.181. The second kappa shape index (κ2) is 8.31. The molecule has 1 amide bonds. The molecule has 0 radical (unpaired) electrons. The number of amides is 1. The standard InChI is InChI=1S/C21H15ClN2O2S2/c1-13-3-2-4-15(11-13)23-21-24-20(25)18(28-21)12-16-7-10-19(26-16)27-17-8-5-14(22)6-9-17/h2-12H,1H3,(H,23,24,25). The summed E-state index contributed by atoms with van der Waals surface area (Å²) in [5.74, 6) is 0.436. The fourth-order valence-electron chi connectivity index (χ4n) is 2.51. The van der Waals surface area contributed by atoms with Crippen molar-refractivity contribution in [3.8, 4) is 0 Å². The van der Waals surface area contributed by atoms with Crippen molar-refractivity contribution in [1.82, 2.24) is 5.32 Å². The summed E-state index contributed by atoms with van der Waals surface area (Å²) in [6.45, 7) is 2.01. The molecule has 0 unspecified atom stereocenters. The Hall–Kier alpha value is -2.41. The van der Waals surface area contributed by atoms with Crippen molar-refractivity contribution in [1.29, 1.82) is 0 Å². The Balaban J connectivity index is 1.48. The van der Waals surface area contributed by atoms with E-state index >= 15 is 0 Å². The number of halogens is 1. The zero-order chi connectivity index (χ0) is 19.5. The summed E-state index contributed by atoms with van der Waals surface area (Å²) in [7, 11) is 0. The zero-order valence-electron chi connectivity index (χ0n) is 14.8. The lowest BCUT2D eigenvalue weighted by Gasteiger charge is -1.97. The summed E-state index contributed by atoms with van der Waals surface area (Å²) in [5, 5.41) is 4.79. The summed E-state index contributed by atoms with van der Waals surface area (Å²) in [6, 6.07) is 19.1. The van der Waals surface area contributed by atoms with Crippen LogP contribution in [0.5, 0.6) is 0 Å². The number of benzene rings is 2. The summed E-state index contributed by atoms with van der Waals surface area (Å²) in [6.07, 6.45) is 1.73. The quantitative estimate of drug-likeness (QED) is 0.498. The van der Waals surface area contributed by atoms with Crippen molar-refractivity contribution in [2.24, 2.45) is 4.99 Å². The van der Waals surface area contributed by atoms with Crippen LogP contribution in [0.25, 0.3) is 6.08 Å². The van der Waals surface area contributed by atoms with Crippen molar-refractivity contribution < 1.29 is 9.21 Å². The monoisotopic (exact) mass is 426 g/mol. The van der Waals surface area contributed by atoms with Crippen LogP contribution in [0.1, 0.15) is 11.3 Å². The van der Waals surface area contributed by atoms with E-state index in [9.17, 15) is 4.79 Å². The molecule has 0 bridgehead atoms. The molecule has 0 atom stereocenters. The average Bonchev–Trinajstić information content (AvgIpc) is 3.24. The van der Waals surface area contributed by atoms with E-state index in [1.807, 2.05) is 67.6 Å². The molecule has 1 aromatic heterocycles. The lowest BCUT2D eigenvalue weighted by molar-refractivity contribution is -0.115. The maximum absolute atomic E-state index is 12.2. The van der Waals surface area contributed by atoms with Gasteiger partial charge in [0.15, 0.2) is 10.3 Å². The Kier molecular flexibility index (Phi) is 5.62. The third kappa shape index (κ3) is 4.70. The Morgan fingerprint density at radius 3 is 2.75 bits per heavy atom. The minimum absolute atomic E-state index is 0.181. The molecule has 4 nitrogen and oxygen atoms in total. The molecular formula is C21H15ClN2O2S2. The van der Waals surface area contributed by atoms with Gasteiger partial charge < -0.3 is 9.73 Å². The van der Waals surface area contributed by atoms with E-state index in [-0.39, 0.29) is 5.91 Å². The van der Waals surface area contributed by atoms with Crippen LogP contribution >= 0.6 is 35.1 Å². The van der Waals surface area contributed by atoms with Crippen molar-refractivity contribution in [3.63, 3.8) is 0 Å². The molecule has 2 aromatic carbocycles. The van der Waals surface area contributed by atoms with Gasteiger partial charge in [-0.05, 0) is 72.8 Å². The van der Waals surface area contributed by atoms with Gasteiger partial charge in [0.2, 0.25) is 0 Å². The summed E-state index contributed by atoms with van der Waals surface area (Å²) >= 11 is 8.70. The first kappa shape index (κ1) is 18.9. The first-order chi connectivity index (χ1) is 13.5. The van der Waals surface area contributed by atoms with Gasteiger partial charge in [0.05, 0.1) is 10.6 Å². The summed E-state index contributed by atoms with van der Waals surface area (Å²) in [5.41, 5.74) is 1.93. The second-order valence-electron chi connectivity index (χ2n) is 6.03. The van der Waals surface area contributed by atoms with Crippen molar-refractivity contribution in [3.05, 3.63) is 81.9 Å². The van der Waals surface area contributed by atoms with E-state index in [0.29, 0.717) is 20.9 Å². The van der Waals surface area contributed by atoms with Crippen LogP contribution in [-0.2, 0) is 4.79 Å². The molecule has 0 aliphatic carbocycles. The van der Waals surface area contributed by atoms with Gasteiger partial charge in [-0.3, -0.25) is 4.79 Å². The highest BCUT2D eigenvalue weighted by atomic mass is 35.5. The number of carbonyl (C=O) groups excluding carboxylic acids is 1. The molecule has 2 heterocycles. The van der Waals surface area contributed by atoms with Crippen LogP contribution < -0.4 is 5.32 Å². The molecule has 1 aliphatic heterocycles. The highest BCUT2D eigenvalue weighted by molar-refractivity contribution is 8.18. The van der Waals surface area contributed by atoms with Gasteiger partial charge in [0, 0.05) is 16.0 Å². The number of thioether (sulfide) groups is 1. The van der Waals surface area contributed by atoms with E-state index in [0.717, 1.165) is 21.2 Å². The molecular weight excluding hydrogens is 412 g/mol. The molecule has 0 spiro atoms. The molecule has 4 rings (SSSR count). The Bertz CT molecular complexity index is 1090. The summed E-state index contributed by atoms with van der Waals surface area (Å²) < 4.78 is 5.82. The number of furan rings is 1. The number of rotatable bonds is 4. The number of hydrogen-bond acceptors (Lipinski definition) is 5. The molecule has 3 aromatic rings. The average molecular weight is 427 g/mol. The van der Waals surface area contributed by atoms with E-state index in [2.05, 4.69) is 10.3 Å². The van der Waals surface area contributed by atoms with E-state index in [4.69, 9.17) is 16.0 Å². The number of hydrogen-bond donors (Lipinski definition) is 1. The Morgan fingerprint density at radius 2 is 1.96 bits per heavy atom. The highest BCUT2D eigenvalue weighted by Gasteiger charge is 2.24. The van der Waals surface area contributed by atoms with Crippen LogP contribution in [0.15, 0.2) is 85.0 Å². The van der Waals surface area contributed by atoms with Gasteiger partial charge in [0.25, 0.3) is 5.91 Å². The maximum Gasteiger partial charge on any atom is 0.264 e. The Morgan fingerprint density at radius 1 is 1.14 bits per heavy atom.